The summed E-state index contributed by atoms with van der Waals surface area (Å²) in [6.07, 6.45) is 2.03. The molecule has 14 heavy (non-hydrogen) atoms. The van der Waals surface area contributed by atoms with Crippen molar-refractivity contribution in [1.29, 1.82) is 0 Å². The zero-order valence-electron chi connectivity index (χ0n) is 8.24. The zero-order chi connectivity index (χ0) is 9.97. The van der Waals surface area contributed by atoms with Gasteiger partial charge in [-0.25, -0.2) is 4.79 Å². The maximum atomic E-state index is 11.4. The van der Waals surface area contributed by atoms with E-state index < -0.39 is 0 Å². The van der Waals surface area contributed by atoms with Crippen LogP contribution in [-0.4, -0.2) is 49.3 Å². The molecule has 0 aromatic rings. The van der Waals surface area contributed by atoms with Gasteiger partial charge in [-0.1, -0.05) is 0 Å². The number of nitrogens with two attached hydrogens (primary N) is 1. The Morgan fingerprint density at radius 2 is 2.50 bits per heavy atom. The van der Waals surface area contributed by atoms with E-state index >= 15 is 0 Å². The van der Waals surface area contributed by atoms with Gasteiger partial charge in [0.2, 0.25) is 0 Å². The van der Waals surface area contributed by atoms with E-state index in [-0.39, 0.29) is 12.2 Å². The first kappa shape index (κ1) is 9.73. The molecule has 0 aliphatic carbocycles. The SMILES string of the molecule is NC[C@H]1CN(CC2CCCN2)C(=O)O1. The number of carbonyl (C=O) groups excluding carboxylic acids is 1. The molecule has 2 aliphatic heterocycles. The van der Waals surface area contributed by atoms with E-state index in [1.165, 1.54) is 6.42 Å². The number of ether oxygens (including phenoxy) is 1. The molecule has 0 radical (unpaired) electrons. The fourth-order valence-electron chi connectivity index (χ4n) is 2.03. The molecule has 0 spiro atoms. The minimum atomic E-state index is -0.214. The Labute approximate surface area is 83.6 Å². The van der Waals surface area contributed by atoms with Crippen molar-refractivity contribution in [3.63, 3.8) is 0 Å². The fourth-order valence-corrected chi connectivity index (χ4v) is 2.03. The first-order valence-corrected chi connectivity index (χ1v) is 5.18. The summed E-state index contributed by atoms with van der Waals surface area (Å²) in [5.41, 5.74) is 5.45. The quantitative estimate of drug-likeness (QED) is 0.644. The van der Waals surface area contributed by atoms with Crippen molar-refractivity contribution < 1.29 is 9.53 Å². The molecule has 2 aliphatic rings. The zero-order valence-corrected chi connectivity index (χ0v) is 8.24. The third-order valence-corrected chi connectivity index (χ3v) is 2.82. The molecule has 0 bridgehead atoms. The van der Waals surface area contributed by atoms with Gasteiger partial charge < -0.3 is 20.7 Å². The largest absolute Gasteiger partial charge is 0.443 e. The van der Waals surface area contributed by atoms with Crippen LogP contribution in [0.5, 0.6) is 0 Å². The predicted octanol–water partition coefficient (Wildman–Crippen LogP) is -0.482. The van der Waals surface area contributed by atoms with Crippen LogP contribution in [0.2, 0.25) is 0 Å². The van der Waals surface area contributed by atoms with Gasteiger partial charge >= 0.3 is 6.09 Å². The lowest BCUT2D eigenvalue weighted by Crippen LogP contribution is -2.38. The van der Waals surface area contributed by atoms with Crippen molar-refractivity contribution >= 4 is 6.09 Å². The summed E-state index contributed by atoms with van der Waals surface area (Å²) in [4.78, 5) is 13.1. The Bertz CT molecular complexity index is 216. The van der Waals surface area contributed by atoms with Crippen LogP contribution in [0.4, 0.5) is 4.79 Å². The lowest BCUT2D eigenvalue weighted by Gasteiger charge is -2.17. The van der Waals surface area contributed by atoms with Crippen molar-refractivity contribution in [2.45, 2.75) is 25.0 Å². The van der Waals surface area contributed by atoms with Crippen LogP contribution < -0.4 is 11.1 Å². The van der Waals surface area contributed by atoms with E-state index in [9.17, 15) is 4.79 Å². The fraction of sp³-hybridized carbons (Fsp3) is 0.889. The van der Waals surface area contributed by atoms with Crippen LogP contribution in [0.1, 0.15) is 12.8 Å². The second-order valence-electron chi connectivity index (χ2n) is 3.94. The van der Waals surface area contributed by atoms with Gasteiger partial charge in [-0.15, -0.1) is 0 Å². The first-order valence-electron chi connectivity index (χ1n) is 5.18. The summed E-state index contributed by atoms with van der Waals surface area (Å²) < 4.78 is 5.07. The molecule has 2 fully saturated rings. The van der Waals surface area contributed by atoms with Crippen LogP contribution in [0.25, 0.3) is 0 Å². The number of hydrogen-bond acceptors (Lipinski definition) is 4. The molecule has 2 atom stereocenters. The van der Waals surface area contributed by atoms with Crippen molar-refractivity contribution in [1.82, 2.24) is 10.2 Å². The van der Waals surface area contributed by atoms with Gasteiger partial charge in [0.15, 0.2) is 0 Å². The average Bonchev–Trinajstić information content (AvgIpc) is 2.78. The van der Waals surface area contributed by atoms with E-state index in [1.807, 2.05) is 0 Å². The Morgan fingerprint density at radius 3 is 3.07 bits per heavy atom. The van der Waals surface area contributed by atoms with Gasteiger partial charge in [-0.2, -0.15) is 0 Å². The van der Waals surface area contributed by atoms with E-state index in [4.69, 9.17) is 10.5 Å². The summed E-state index contributed by atoms with van der Waals surface area (Å²) in [6, 6.07) is 0.444. The van der Waals surface area contributed by atoms with E-state index in [0.717, 1.165) is 19.5 Å². The molecule has 0 aromatic carbocycles. The standard InChI is InChI=1S/C9H17N3O2/c10-4-8-6-12(9(13)14-8)5-7-2-1-3-11-7/h7-8,11H,1-6,10H2/t7?,8-/m0/s1. The first-order chi connectivity index (χ1) is 6.79. The van der Waals surface area contributed by atoms with Gasteiger partial charge in [0.25, 0.3) is 0 Å². The second kappa shape index (κ2) is 4.14. The van der Waals surface area contributed by atoms with Crippen molar-refractivity contribution in [3.05, 3.63) is 0 Å². The number of cyclic esters (lactones) is 1. The molecule has 2 rings (SSSR count). The van der Waals surface area contributed by atoms with Crippen LogP contribution in [0.3, 0.4) is 0 Å². The van der Waals surface area contributed by atoms with E-state index in [0.29, 0.717) is 19.1 Å². The van der Waals surface area contributed by atoms with Gasteiger partial charge in [0, 0.05) is 19.1 Å². The minimum absolute atomic E-state index is 0.107. The van der Waals surface area contributed by atoms with Gasteiger partial charge in [-0.3, -0.25) is 0 Å². The smallest absolute Gasteiger partial charge is 0.410 e. The molecule has 2 heterocycles. The Hall–Kier alpha value is -0.810. The number of nitrogens with zero attached hydrogens (tertiary/aromatic N) is 1. The molecule has 5 nitrogen and oxygen atoms in total. The number of carbonyl (C=O) groups is 1. The van der Waals surface area contributed by atoms with Crippen LogP contribution >= 0.6 is 0 Å². The summed E-state index contributed by atoms with van der Waals surface area (Å²) in [5, 5.41) is 3.36. The Balaban J connectivity index is 1.82. The number of nitrogens with one attached hydrogen (secondary N) is 1. The highest BCUT2D eigenvalue weighted by molar-refractivity contribution is 5.70. The summed E-state index contributed by atoms with van der Waals surface area (Å²) in [6.45, 7) is 2.89. The molecule has 1 amide bonds. The highest BCUT2D eigenvalue weighted by Crippen LogP contribution is 2.13. The molecule has 0 aromatic heterocycles. The normalized spacial score (nSPS) is 32.4. The van der Waals surface area contributed by atoms with Gasteiger partial charge in [0.05, 0.1) is 6.54 Å². The number of hydrogen-bond donors (Lipinski definition) is 2. The van der Waals surface area contributed by atoms with Crippen LogP contribution in [0, 0.1) is 0 Å². The lowest BCUT2D eigenvalue weighted by atomic mass is 10.2. The maximum absolute atomic E-state index is 11.4. The third kappa shape index (κ3) is 1.99. The molecule has 3 N–H and O–H groups in total. The molecule has 2 saturated heterocycles. The highest BCUT2D eigenvalue weighted by Gasteiger charge is 2.32. The second-order valence-corrected chi connectivity index (χ2v) is 3.94. The molecule has 80 valence electrons. The lowest BCUT2D eigenvalue weighted by molar-refractivity contribution is 0.134. The predicted molar refractivity (Wildman–Crippen MR) is 51.9 cm³/mol. The van der Waals surface area contributed by atoms with Crippen molar-refractivity contribution in [2.24, 2.45) is 5.73 Å². The third-order valence-electron chi connectivity index (χ3n) is 2.82. The summed E-state index contributed by atoms with van der Waals surface area (Å²) in [7, 11) is 0. The van der Waals surface area contributed by atoms with E-state index in [2.05, 4.69) is 5.32 Å². The maximum Gasteiger partial charge on any atom is 0.410 e. The molecular weight excluding hydrogens is 182 g/mol. The Kier molecular flexibility index (Phi) is 2.88. The minimum Gasteiger partial charge on any atom is -0.443 e. The topological polar surface area (TPSA) is 67.6 Å². The number of amides is 1. The molecule has 5 heteroatoms. The van der Waals surface area contributed by atoms with E-state index in [1.54, 1.807) is 4.90 Å². The summed E-state index contributed by atoms with van der Waals surface area (Å²) >= 11 is 0. The Morgan fingerprint density at radius 1 is 1.64 bits per heavy atom. The van der Waals surface area contributed by atoms with Gasteiger partial charge in [-0.05, 0) is 19.4 Å². The van der Waals surface area contributed by atoms with Crippen LogP contribution in [0.15, 0.2) is 0 Å². The highest BCUT2D eigenvalue weighted by atomic mass is 16.6. The monoisotopic (exact) mass is 199 g/mol. The summed E-state index contributed by atoms with van der Waals surface area (Å²) in [5.74, 6) is 0. The molecule has 1 unspecified atom stereocenters. The van der Waals surface area contributed by atoms with Crippen molar-refractivity contribution in [2.75, 3.05) is 26.2 Å². The number of rotatable bonds is 3. The molecule has 0 saturated carbocycles. The van der Waals surface area contributed by atoms with Gasteiger partial charge in [0.1, 0.15) is 6.10 Å². The van der Waals surface area contributed by atoms with Crippen molar-refractivity contribution in [3.8, 4) is 0 Å². The molecular formula is C9H17N3O2. The average molecular weight is 199 g/mol. The van der Waals surface area contributed by atoms with Crippen LogP contribution in [-0.2, 0) is 4.74 Å².